The lowest BCUT2D eigenvalue weighted by atomic mass is 10.1. The number of aliphatic imine (C=N–C) groups is 1. The molecule has 8 heteroatoms. The number of nitrogens with zero attached hydrogens (tertiary/aromatic N) is 3. The lowest BCUT2D eigenvalue weighted by Gasteiger charge is -2.36. The molecule has 4 rings (SSSR count). The maximum atomic E-state index is 8.79. The molecular weight excluding hydrogens is 429 g/mol. The van der Waals surface area contributed by atoms with E-state index >= 15 is 0 Å². The second kappa shape index (κ2) is 11.8. The van der Waals surface area contributed by atoms with Crippen LogP contribution in [-0.4, -0.2) is 73.3 Å². The van der Waals surface area contributed by atoms with Crippen molar-refractivity contribution in [2.45, 2.75) is 9.79 Å². The summed E-state index contributed by atoms with van der Waals surface area (Å²) in [6.45, 7) is 6.01. The van der Waals surface area contributed by atoms with Gasteiger partial charge >= 0.3 is 0 Å². The largest absolute Gasteiger partial charge is 0.394 e. The lowest BCUT2D eigenvalue weighted by molar-refractivity contribution is 0.0652. The normalized spacial score (nSPS) is 15.9. The zero-order valence-corrected chi connectivity index (χ0v) is 18.6. The van der Waals surface area contributed by atoms with Crippen LogP contribution >= 0.6 is 36.6 Å². The van der Waals surface area contributed by atoms with Gasteiger partial charge in [0.1, 0.15) is 5.84 Å². The number of ether oxygens (including phenoxy) is 1. The molecule has 1 N–H and O–H groups in total. The fraction of sp³-hybridized carbons (Fsp3) is 0.381. The van der Waals surface area contributed by atoms with Crippen LogP contribution in [0.5, 0.6) is 0 Å². The van der Waals surface area contributed by atoms with Crippen molar-refractivity contribution in [1.29, 1.82) is 0 Å². The van der Waals surface area contributed by atoms with Crippen LogP contribution < -0.4 is 0 Å². The maximum Gasteiger partial charge on any atom is 0.137 e. The summed E-state index contributed by atoms with van der Waals surface area (Å²) in [5.41, 5.74) is 2.27. The van der Waals surface area contributed by atoms with Crippen LogP contribution in [0.25, 0.3) is 0 Å². The quantitative estimate of drug-likeness (QED) is 0.696. The summed E-state index contributed by atoms with van der Waals surface area (Å²) in [7, 11) is 0. The number of benzene rings is 2. The SMILES string of the molecule is Cl.Cl.OCCOCCN1CCN(C2=Nc3ccccc3Sc3ccccc32)CC1. The van der Waals surface area contributed by atoms with Crippen LogP contribution in [0.4, 0.5) is 5.69 Å². The number of aliphatic hydroxyl groups is 1. The lowest BCUT2D eigenvalue weighted by Crippen LogP contribution is -2.49. The Balaban J connectivity index is 0.00000150. The molecule has 5 nitrogen and oxygen atoms in total. The Bertz CT molecular complexity index is 814. The summed E-state index contributed by atoms with van der Waals surface area (Å²) in [6, 6.07) is 16.9. The van der Waals surface area contributed by atoms with Gasteiger partial charge in [0, 0.05) is 48.1 Å². The van der Waals surface area contributed by atoms with Gasteiger partial charge in [-0.1, -0.05) is 42.1 Å². The average Bonchev–Trinajstić information content (AvgIpc) is 2.88. The first-order chi connectivity index (χ1) is 13.3. The topological polar surface area (TPSA) is 48.3 Å². The molecule has 0 bridgehead atoms. The van der Waals surface area contributed by atoms with Gasteiger partial charge in [-0.3, -0.25) is 4.90 Å². The predicted molar refractivity (Wildman–Crippen MR) is 124 cm³/mol. The van der Waals surface area contributed by atoms with Crippen LogP contribution in [0.15, 0.2) is 63.3 Å². The zero-order chi connectivity index (χ0) is 18.5. The highest BCUT2D eigenvalue weighted by molar-refractivity contribution is 7.99. The van der Waals surface area contributed by atoms with Gasteiger partial charge in [0.25, 0.3) is 0 Å². The minimum atomic E-state index is 0. The fourth-order valence-corrected chi connectivity index (χ4v) is 4.47. The number of halogens is 2. The van der Waals surface area contributed by atoms with E-state index in [4.69, 9.17) is 14.8 Å². The smallest absolute Gasteiger partial charge is 0.137 e. The molecule has 1 saturated heterocycles. The fourth-order valence-electron chi connectivity index (χ4n) is 3.45. The van der Waals surface area contributed by atoms with Crippen LogP contribution in [0.2, 0.25) is 0 Å². The van der Waals surface area contributed by atoms with Crippen molar-refractivity contribution in [3.63, 3.8) is 0 Å². The number of para-hydroxylation sites is 1. The van der Waals surface area contributed by atoms with E-state index in [0.29, 0.717) is 13.2 Å². The Labute approximate surface area is 189 Å². The molecule has 0 aromatic heterocycles. The number of hydrogen-bond donors (Lipinski definition) is 1. The van der Waals surface area contributed by atoms with Crippen molar-refractivity contribution in [3.05, 3.63) is 54.1 Å². The molecule has 2 aliphatic heterocycles. The molecule has 0 amide bonds. The van der Waals surface area contributed by atoms with Gasteiger partial charge in [-0.15, -0.1) is 24.8 Å². The second-order valence-electron chi connectivity index (χ2n) is 6.67. The van der Waals surface area contributed by atoms with E-state index in [-0.39, 0.29) is 31.4 Å². The van der Waals surface area contributed by atoms with Crippen LogP contribution in [-0.2, 0) is 4.74 Å². The van der Waals surface area contributed by atoms with E-state index in [1.807, 2.05) is 0 Å². The first kappa shape index (κ1) is 24.0. The molecule has 0 aliphatic carbocycles. The highest BCUT2D eigenvalue weighted by Gasteiger charge is 2.24. The Morgan fingerprint density at radius 3 is 2.34 bits per heavy atom. The van der Waals surface area contributed by atoms with Gasteiger partial charge in [0.2, 0.25) is 0 Å². The van der Waals surface area contributed by atoms with Crippen molar-refractivity contribution in [2.24, 2.45) is 4.99 Å². The number of amidine groups is 1. The van der Waals surface area contributed by atoms with Crippen LogP contribution in [0, 0.1) is 0 Å². The van der Waals surface area contributed by atoms with Crippen LogP contribution in [0.3, 0.4) is 0 Å². The van der Waals surface area contributed by atoms with Gasteiger partial charge < -0.3 is 14.7 Å². The Morgan fingerprint density at radius 1 is 0.897 bits per heavy atom. The van der Waals surface area contributed by atoms with E-state index in [2.05, 4.69) is 58.3 Å². The molecule has 1 fully saturated rings. The molecule has 0 radical (unpaired) electrons. The van der Waals surface area contributed by atoms with Gasteiger partial charge in [-0.25, -0.2) is 4.99 Å². The van der Waals surface area contributed by atoms with E-state index < -0.39 is 0 Å². The van der Waals surface area contributed by atoms with E-state index in [0.717, 1.165) is 44.2 Å². The summed E-state index contributed by atoms with van der Waals surface area (Å²) >= 11 is 1.80. The summed E-state index contributed by atoms with van der Waals surface area (Å²) in [6.07, 6.45) is 0. The third-order valence-corrected chi connectivity index (χ3v) is 6.04. The molecule has 2 heterocycles. The highest BCUT2D eigenvalue weighted by Crippen LogP contribution is 2.40. The number of piperazine rings is 1. The van der Waals surface area contributed by atoms with E-state index in [1.165, 1.54) is 15.4 Å². The minimum Gasteiger partial charge on any atom is -0.394 e. The molecule has 2 aliphatic rings. The summed E-state index contributed by atoms with van der Waals surface area (Å²) < 4.78 is 5.40. The average molecular weight is 456 g/mol. The molecule has 0 spiro atoms. The van der Waals surface area contributed by atoms with Gasteiger partial charge in [-0.2, -0.15) is 0 Å². The zero-order valence-electron chi connectivity index (χ0n) is 16.2. The maximum absolute atomic E-state index is 8.79. The highest BCUT2D eigenvalue weighted by atomic mass is 35.5. The van der Waals surface area contributed by atoms with E-state index in [9.17, 15) is 0 Å². The standard InChI is InChI=1S/C21H25N3O2S.2ClH/c25-14-16-26-15-13-23-9-11-24(12-10-23)21-17-5-1-3-7-19(17)27-20-8-4-2-6-18(20)22-21;;/h1-8,25H,9-16H2;2*1H. The van der Waals surface area contributed by atoms with Crippen LogP contribution in [0.1, 0.15) is 5.56 Å². The number of aliphatic hydroxyl groups excluding tert-OH is 1. The summed E-state index contributed by atoms with van der Waals surface area (Å²) in [5.74, 6) is 1.08. The van der Waals surface area contributed by atoms with Crippen molar-refractivity contribution in [3.8, 4) is 0 Å². The molecule has 158 valence electrons. The van der Waals surface area contributed by atoms with Crippen molar-refractivity contribution in [2.75, 3.05) is 52.5 Å². The van der Waals surface area contributed by atoms with E-state index in [1.54, 1.807) is 11.8 Å². The van der Waals surface area contributed by atoms with Gasteiger partial charge in [0.15, 0.2) is 0 Å². The molecule has 0 unspecified atom stereocenters. The van der Waals surface area contributed by atoms with Gasteiger partial charge in [-0.05, 0) is 18.2 Å². The second-order valence-corrected chi connectivity index (χ2v) is 7.75. The van der Waals surface area contributed by atoms with Crippen molar-refractivity contribution in [1.82, 2.24) is 9.80 Å². The first-order valence-electron chi connectivity index (χ1n) is 9.46. The number of hydrogen-bond acceptors (Lipinski definition) is 6. The van der Waals surface area contributed by atoms with Gasteiger partial charge in [0.05, 0.1) is 25.5 Å². The molecule has 0 atom stereocenters. The van der Waals surface area contributed by atoms with Crippen molar-refractivity contribution >= 4 is 48.1 Å². The first-order valence-corrected chi connectivity index (χ1v) is 10.3. The molecule has 2 aromatic rings. The molecule has 29 heavy (non-hydrogen) atoms. The van der Waals surface area contributed by atoms with Crippen molar-refractivity contribution < 1.29 is 9.84 Å². The Morgan fingerprint density at radius 2 is 1.59 bits per heavy atom. The minimum absolute atomic E-state index is 0. The summed E-state index contributed by atoms with van der Waals surface area (Å²) in [4.78, 5) is 12.4. The predicted octanol–water partition coefficient (Wildman–Crippen LogP) is 3.70. The third kappa shape index (κ3) is 5.87. The number of fused-ring (bicyclic) bond motifs is 2. The number of rotatable bonds is 5. The summed E-state index contributed by atoms with van der Waals surface area (Å²) in [5, 5.41) is 8.79. The molecule has 0 saturated carbocycles. The third-order valence-electron chi connectivity index (χ3n) is 4.90. The monoisotopic (exact) mass is 455 g/mol. The Hall–Kier alpha value is -1.28. The molecular formula is C21H27Cl2N3O2S. The molecule has 2 aromatic carbocycles. The Kier molecular flexibility index (Phi) is 9.75.